The molecule has 0 aliphatic heterocycles. The first-order valence-corrected chi connectivity index (χ1v) is 9.52. The van der Waals surface area contributed by atoms with E-state index in [9.17, 15) is 14.7 Å². The molecule has 2 aromatic rings. The molecule has 1 aromatic carbocycles. The van der Waals surface area contributed by atoms with Crippen LogP contribution in [0.3, 0.4) is 0 Å². The number of nitrogens with one attached hydrogen (secondary N) is 1. The Bertz CT molecular complexity index is 809. The van der Waals surface area contributed by atoms with Gasteiger partial charge < -0.3 is 15.2 Å². The summed E-state index contributed by atoms with van der Waals surface area (Å²) in [6.07, 6.45) is 2.67. The first-order valence-electron chi connectivity index (χ1n) is 7.88. The van der Waals surface area contributed by atoms with Crippen LogP contribution in [-0.4, -0.2) is 16.9 Å². The predicted molar refractivity (Wildman–Crippen MR) is 96.7 cm³/mol. The van der Waals surface area contributed by atoms with Gasteiger partial charge in [0.05, 0.1) is 10.7 Å². The number of nitrogens with zero attached hydrogens (tertiary/aromatic N) is 1. The minimum atomic E-state index is -1.16. The normalized spacial score (nSPS) is 20.2. The maximum atomic E-state index is 12.5. The van der Waals surface area contributed by atoms with Crippen LogP contribution in [0, 0.1) is 11.8 Å². The summed E-state index contributed by atoms with van der Waals surface area (Å²) in [4.78, 5) is 28.1. The number of thiazole rings is 1. The van der Waals surface area contributed by atoms with E-state index in [-0.39, 0.29) is 5.91 Å². The number of aliphatic carboxylic acids is 1. The monoisotopic (exact) mass is 397 g/mol. The van der Waals surface area contributed by atoms with Crippen molar-refractivity contribution >= 4 is 51.5 Å². The quantitative estimate of drug-likeness (QED) is 0.853. The van der Waals surface area contributed by atoms with Crippen molar-refractivity contribution in [1.82, 2.24) is 4.98 Å². The summed E-state index contributed by atoms with van der Waals surface area (Å²) >= 11 is 13.3. The number of carboxylic acids is 1. The number of anilines is 1. The molecule has 25 heavy (non-hydrogen) atoms. The van der Waals surface area contributed by atoms with E-state index in [2.05, 4.69) is 10.3 Å². The molecule has 1 aliphatic carbocycles. The van der Waals surface area contributed by atoms with Crippen LogP contribution in [0.5, 0.6) is 0 Å². The Morgan fingerprint density at radius 1 is 1.20 bits per heavy atom. The van der Waals surface area contributed by atoms with Crippen LogP contribution in [-0.2, 0) is 9.59 Å². The molecule has 2 atom stereocenters. The molecule has 1 amide bonds. The summed E-state index contributed by atoms with van der Waals surface area (Å²) in [7, 11) is 0. The van der Waals surface area contributed by atoms with Crippen molar-refractivity contribution < 1.29 is 14.7 Å². The van der Waals surface area contributed by atoms with Crippen LogP contribution in [0.2, 0.25) is 10.0 Å². The van der Waals surface area contributed by atoms with Crippen molar-refractivity contribution in [2.45, 2.75) is 25.7 Å². The average Bonchev–Trinajstić information content (AvgIpc) is 3.02. The highest BCUT2D eigenvalue weighted by atomic mass is 35.5. The number of carboxylic acid groups (broad SMARTS) is 1. The first kappa shape index (κ1) is 18.2. The van der Waals surface area contributed by atoms with Crippen LogP contribution in [0.25, 0.3) is 11.3 Å². The van der Waals surface area contributed by atoms with E-state index in [1.54, 1.807) is 23.6 Å². The fraction of sp³-hybridized carbons (Fsp3) is 0.353. The zero-order valence-electron chi connectivity index (χ0n) is 13.1. The highest BCUT2D eigenvalue weighted by molar-refractivity contribution is 7.14. The number of rotatable bonds is 4. The molecule has 1 aromatic heterocycles. The van der Waals surface area contributed by atoms with Crippen molar-refractivity contribution in [3.05, 3.63) is 33.6 Å². The molecule has 1 fully saturated rings. The molecule has 0 bridgehead atoms. The van der Waals surface area contributed by atoms with E-state index in [0.29, 0.717) is 39.3 Å². The van der Waals surface area contributed by atoms with E-state index in [1.807, 2.05) is 0 Å². The Morgan fingerprint density at radius 3 is 2.60 bits per heavy atom. The van der Waals surface area contributed by atoms with Gasteiger partial charge in [0, 0.05) is 33.8 Å². The molecule has 1 N–H and O–H groups in total. The summed E-state index contributed by atoms with van der Waals surface area (Å²) in [6.45, 7) is 0. The summed E-state index contributed by atoms with van der Waals surface area (Å²) in [6, 6.07) is 5.11. The molecular weight excluding hydrogens is 383 g/mol. The number of amides is 1. The van der Waals surface area contributed by atoms with Crippen molar-refractivity contribution in [1.29, 1.82) is 0 Å². The molecule has 1 saturated carbocycles. The van der Waals surface area contributed by atoms with E-state index < -0.39 is 17.8 Å². The largest absolute Gasteiger partial charge is 0.550 e. The van der Waals surface area contributed by atoms with E-state index in [0.717, 1.165) is 12.8 Å². The van der Waals surface area contributed by atoms with Gasteiger partial charge >= 0.3 is 0 Å². The Balaban J connectivity index is 1.74. The minimum absolute atomic E-state index is 0.322. The molecule has 0 saturated heterocycles. The Morgan fingerprint density at radius 2 is 1.92 bits per heavy atom. The van der Waals surface area contributed by atoms with E-state index in [4.69, 9.17) is 23.2 Å². The maximum absolute atomic E-state index is 12.5. The molecular formula is C17H15Cl2N2O3S-. The number of hydrogen-bond acceptors (Lipinski definition) is 5. The van der Waals surface area contributed by atoms with Gasteiger partial charge in [0.15, 0.2) is 5.13 Å². The Labute approximate surface area is 159 Å². The number of halogens is 2. The van der Waals surface area contributed by atoms with Crippen molar-refractivity contribution in [2.75, 3.05) is 5.32 Å². The number of hydrogen-bond donors (Lipinski definition) is 1. The molecule has 0 spiro atoms. The average molecular weight is 398 g/mol. The van der Waals surface area contributed by atoms with Gasteiger partial charge in [-0.2, -0.15) is 0 Å². The van der Waals surface area contributed by atoms with Gasteiger partial charge in [-0.05, 0) is 31.0 Å². The summed E-state index contributed by atoms with van der Waals surface area (Å²) < 4.78 is 0. The van der Waals surface area contributed by atoms with Crippen molar-refractivity contribution in [3.63, 3.8) is 0 Å². The van der Waals surface area contributed by atoms with Crippen molar-refractivity contribution in [3.8, 4) is 11.3 Å². The zero-order chi connectivity index (χ0) is 18.0. The zero-order valence-corrected chi connectivity index (χ0v) is 15.5. The minimum Gasteiger partial charge on any atom is -0.550 e. The van der Waals surface area contributed by atoms with Crippen molar-refractivity contribution in [2.24, 2.45) is 11.8 Å². The van der Waals surface area contributed by atoms with Gasteiger partial charge in [-0.25, -0.2) is 4.98 Å². The highest BCUT2D eigenvalue weighted by Crippen LogP contribution is 2.34. The third-order valence-electron chi connectivity index (χ3n) is 4.35. The van der Waals surface area contributed by atoms with Gasteiger partial charge in [0.25, 0.3) is 0 Å². The van der Waals surface area contributed by atoms with Gasteiger partial charge in [-0.3, -0.25) is 4.79 Å². The Hall–Kier alpha value is -1.63. The fourth-order valence-electron chi connectivity index (χ4n) is 3.08. The van der Waals surface area contributed by atoms with Gasteiger partial charge in [-0.1, -0.05) is 36.0 Å². The standard InChI is InChI=1S/C17H16Cl2N2O3S/c18-9-5-6-12(13(19)7-9)14-8-25-17(20-14)21-15(22)10-3-1-2-4-11(10)16(23)24/h5-8,10-11H,1-4H2,(H,23,24)(H,20,21,22)/p-1/t10-,11-/m0/s1. The summed E-state index contributed by atoms with van der Waals surface area (Å²) in [5.74, 6) is -2.80. The van der Waals surface area contributed by atoms with E-state index >= 15 is 0 Å². The molecule has 132 valence electrons. The highest BCUT2D eigenvalue weighted by Gasteiger charge is 2.32. The summed E-state index contributed by atoms with van der Waals surface area (Å²) in [5, 5.41) is 17.2. The smallest absolute Gasteiger partial charge is 0.229 e. The molecule has 1 aliphatic rings. The van der Waals surface area contributed by atoms with Crippen LogP contribution in [0.4, 0.5) is 5.13 Å². The fourth-order valence-corrected chi connectivity index (χ4v) is 4.30. The number of benzene rings is 1. The lowest BCUT2D eigenvalue weighted by atomic mass is 9.79. The lowest BCUT2D eigenvalue weighted by molar-refractivity contribution is -0.313. The Kier molecular flexibility index (Phi) is 5.61. The number of carbonyl (C=O) groups is 2. The second kappa shape index (κ2) is 7.72. The van der Waals surface area contributed by atoms with E-state index in [1.165, 1.54) is 11.3 Å². The molecule has 5 nitrogen and oxygen atoms in total. The topological polar surface area (TPSA) is 82.1 Å². The maximum Gasteiger partial charge on any atom is 0.229 e. The first-order chi connectivity index (χ1) is 12.0. The molecule has 1 heterocycles. The number of carbonyl (C=O) groups excluding carboxylic acids is 2. The van der Waals surface area contributed by atoms with Crippen LogP contribution in [0.1, 0.15) is 25.7 Å². The van der Waals surface area contributed by atoms with Gasteiger partial charge in [0.2, 0.25) is 5.91 Å². The van der Waals surface area contributed by atoms with Crippen LogP contribution in [0.15, 0.2) is 23.6 Å². The number of aromatic nitrogens is 1. The molecule has 8 heteroatoms. The second-order valence-corrected chi connectivity index (χ2v) is 7.67. The lowest BCUT2D eigenvalue weighted by Gasteiger charge is -2.30. The second-order valence-electron chi connectivity index (χ2n) is 5.97. The van der Waals surface area contributed by atoms with Crippen LogP contribution >= 0.6 is 34.5 Å². The SMILES string of the molecule is O=C([O-])[C@H]1CCCC[C@@H]1C(=O)Nc1nc(-c2ccc(Cl)cc2Cl)cs1. The third-order valence-corrected chi connectivity index (χ3v) is 5.65. The lowest BCUT2D eigenvalue weighted by Crippen LogP contribution is -2.42. The molecule has 0 unspecified atom stereocenters. The summed E-state index contributed by atoms with van der Waals surface area (Å²) in [5.41, 5.74) is 1.34. The van der Waals surface area contributed by atoms with Gasteiger partial charge in [-0.15, -0.1) is 11.3 Å². The molecule has 3 rings (SSSR count). The van der Waals surface area contributed by atoms with Gasteiger partial charge in [0.1, 0.15) is 0 Å². The predicted octanol–water partition coefficient (Wildman–Crippen LogP) is 3.61. The molecule has 0 radical (unpaired) electrons. The third kappa shape index (κ3) is 4.14. The van der Waals surface area contributed by atoms with Crippen LogP contribution < -0.4 is 10.4 Å².